The van der Waals surface area contributed by atoms with E-state index in [4.69, 9.17) is 5.11 Å². The molecule has 4 heteroatoms. The number of rotatable bonds is 0. The van der Waals surface area contributed by atoms with Gasteiger partial charge in [0.2, 0.25) is 0 Å². The van der Waals surface area contributed by atoms with Gasteiger partial charge in [0, 0.05) is 0 Å². The first-order chi connectivity index (χ1) is 5.00. The van der Waals surface area contributed by atoms with E-state index in [1.54, 1.807) is 0 Å². The molecule has 11 heavy (non-hydrogen) atoms. The molecule has 0 aromatic heterocycles. The zero-order valence-electron chi connectivity index (χ0n) is 5.60. The molecule has 1 atom stereocenters. The molecule has 1 unspecified atom stereocenters. The Morgan fingerprint density at radius 2 is 2.09 bits per heavy atom. The summed E-state index contributed by atoms with van der Waals surface area (Å²) in [6.45, 7) is 0. The van der Waals surface area contributed by atoms with Crippen molar-refractivity contribution in [1.82, 2.24) is 0 Å². The third-order valence-corrected chi connectivity index (χ3v) is 1.37. The highest BCUT2D eigenvalue weighted by molar-refractivity contribution is 5.28. The van der Waals surface area contributed by atoms with Crippen LogP contribution in [-0.4, -0.2) is 17.4 Å². The predicted octanol–water partition coefficient (Wildman–Crippen LogP) is 1.80. The third kappa shape index (κ3) is 2.08. The van der Waals surface area contributed by atoms with E-state index in [1.807, 2.05) is 0 Å². The zero-order valence-corrected chi connectivity index (χ0v) is 5.60. The summed E-state index contributed by atoms with van der Waals surface area (Å²) in [6, 6.07) is 0. The van der Waals surface area contributed by atoms with Crippen molar-refractivity contribution in [3.63, 3.8) is 0 Å². The van der Waals surface area contributed by atoms with Gasteiger partial charge in [-0.3, -0.25) is 0 Å². The van der Waals surface area contributed by atoms with Crippen LogP contribution in [-0.2, 0) is 0 Å². The molecule has 0 saturated carbocycles. The molecule has 0 fully saturated rings. The smallest absolute Gasteiger partial charge is 0.389 e. The maximum absolute atomic E-state index is 11.9. The Bertz CT molecular complexity index is 202. The lowest BCUT2D eigenvalue weighted by atomic mass is 10.1. The largest absolute Gasteiger partial charge is 0.416 e. The van der Waals surface area contributed by atoms with Crippen molar-refractivity contribution in [2.75, 3.05) is 0 Å². The summed E-state index contributed by atoms with van der Waals surface area (Å²) in [4.78, 5) is 0. The van der Waals surface area contributed by atoms with Gasteiger partial charge in [0.05, 0.1) is 11.7 Å². The number of halogens is 3. The van der Waals surface area contributed by atoms with Crippen molar-refractivity contribution in [3.8, 4) is 0 Å². The first-order valence-corrected chi connectivity index (χ1v) is 3.14. The number of allylic oxidation sites excluding steroid dienone is 2. The lowest BCUT2D eigenvalue weighted by Crippen LogP contribution is -2.16. The Balaban J connectivity index is 2.80. The van der Waals surface area contributed by atoms with Crippen molar-refractivity contribution in [1.29, 1.82) is 0 Å². The molecule has 1 nitrogen and oxygen atoms in total. The molecule has 0 saturated heterocycles. The van der Waals surface area contributed by atoms with Crippen LogP contribution in [0.2, 0.25) is 0 Å². The van der Waals surface area contributed by atoms with Gasteiger partial charge < -0.3 is 5.11 Å². The quantitative estimate of drug-likeness (QED) is 0.578. The average molecular weight is 164 g/mol. The number of aliphatic hydroxyl groups is 1. The Labute approximate surface area is 61.8 Å². The number of hydrogen-bond donors (Lipinski definition) is 1. The molecule has 0 bridgehead atoms. The maximum atomic E-state index is 11.9. The van der Waals surface area contributed by atoms with Crippen molar-refractivity contribution < 1.29 is 18.3 Å². The van der Waals surface area contributed by atoms with Crippen LogP contribution in [0.25, 0.3) is 0 Å². The van der Waals surface area contributed by atoms with Gasteiger partial charge in [0.25, 0.3) is 0 Å². The van der Waals surface area contributed by atoms with Crippen LogP contribution in [0, 0.1) is 0 Å². The van der Waals surface area contributed by atoms with Gasteiger partial charge in [-0.2, -0.15) is 13.2 Å². The summed E-state index contributed by atoms with van der Waals surface area (Å²) in [5.74, 6) is 0. The summed E-state index contributed by atoms with van der Waals surface area (Å²) in [7, 11) is 0. The molecule has 1 rings (SSSR count). The van der Waals surface area contributed by atoms with Gasteiger partial charge in [-0.05, 0) is 12.5 Å². The van der Waals surface area contributed by atoms with Gasteiger partial charge in [-0.15, -0.1) is 0 Å². The van der Waals surface area contributed by atoms with E-state index in [9.17, 15) is 13.2 Å². The van der Waals surface area contributed by atoms with Crippen LogP contribution in [0.4, 0.5) is 13.2 Å². The monoisotopic (exact) mass is 164 g/mol. The molecule has 0 aromatic rings. The first kappa shape index (κ1) is 8.33. The van der Waals surface area contributed by atoms with Crippen LogP contribution < -0.4 is 0 Å². The Kier molecular flexibility index (Phi) is 2.04. The second kappa shape index (κ2) is 2.70. The molecule has 0 heterocycles. The predicted molar refractivity (Wildman–Crippen MR) is 33.9 cm³/mol. The molecule has 0 aromatic carbocycles. The van der Waals surface area contributed by atoms with Crippen LogP contribution in [0.1, 0.15) is 6.42 Å². The highest BCUT2D eigenvalue weighted by Crippen LogP contribution is 2.29. The molecular formula is C7H7F3O. The fraction of sp³-hybridized carbons (Fsp3) is 0.429. The third-order valence-electron chi connectivity index (χ3n) is 1.37. The van der Waals surface area contributed by atoms with E-state index in [1.165, 1.54) is 6.08 Å². The van der Waals surface area contributed by atoms with Crippen LogP contribution >= 0.6 is 0 Å². The Morgan fingerprint density at radius 1 is 1.45 bits per heavy atom. The molecule has 1 aliphatic rings. The van der Waals surface area contributed by atoms with Crippen molar-refractivity contribution in [2.24, 2.45) is 0 Å². The summed E-state index contributed by atoms with van der Waals surface area (Å²) in [5, 5.41) is 8.82. The second-order valence-electron chi connectivity index (χ2n) is 2.33. The van der Waals surface area contributed by atoms with Gasteiger partial charge >= 0.3 is 6.18 Å². The highest BCUT2D eigenvalue weighted by atomic mass is 19.4. The lowest BCUT2D eigenvalue weighted by molar-refractivity contribution is -0.0893. The topological polar surface area (TPSA) is 20.2 Å². The molecule has 0 radical (unpaired) electrons. The van der Waals surface area contributed by atoms with Crippen molar-refractivity contribution in [3.05, 3.63) is 23.8 Å². The van der Waals surface area contributed by atoms with Crippen LogP contribution in [0.15, 0.2) is 23.8 Å². The summed E-state index contributed by atoms with van der Waals surface area (Å²) >= 11 is 0. The lowest BCUT2D eigenvalue weighted by Gasteiger charge is -2.13. The number of aliphatic hydroxyl groups excluding tert-OH is 1. The minimum absolute atomic E-state index is 0.263. The first-order valence-electron chi connectivity index (χ1n) is 3.14. The zero-order chi connectivity index (χ0) is 8.48. The molecule has 0 spiro atoms. The number of hydrogen-bond acceptors (Lipinski definition) is 1. The van der Waals surface area contributed by atoms with E-state index < -0.39 is 17.9 Å². The standard InChI is InChI=1S/C7H7F3O/c8-7(9,10)5-2-1-3-6(11)4-5/h1-2,4,6,11H,3H2. The van der Waals surface area contributed by atoms with Crippen LogP contribution in [0.5, 0.6) is 0 Å². The fourth-order valence-electron chi connectivity index (χ4n) is 0.854. The van der Waals surface area contributed by atoms with E-state index in [2.05, 4.69) is 0 Å². The van der Waals surface area contributed by atoms with Gasteiger partial charge in [-0.25, -0.2) is 0 Å². The highest BCUT2D eigenvalue weighted by Gasteiger charge is 2.33. The fourth-order valence-corrected chi connectivity index (χ4v) is 0.854. The maximum Gasteiger partial charge on any atom is 0.416 e. The summed E-state index contributed by atoms with van der Waals surface area (Å²) in [5.41, 5.74) is -0.767. The second-order valence-corrected chi connectivity index (χ2v) is 2.33. The van der Waals surface area contributed by atoms with Crippen LogP contribution in [0.3, 0.4) is 0 Å². The van der Waals surface area contributed by atoms with E-state index in [-0.39, 0.29) is 6.42 Å². The van der Waals surface area contributed by atoms with E-state index in [0.29, 0.717) is 0 Å². The molecular weight excluding hydrogens is 157 g/mol. The summed E-state index contributed by atoms with van der Waals surface area (Å²) < 4.78 is 35.7. The number of alkyl halides is 3. The normalized spacial score (nSPS) is 25.1. The molecule has 0 aliphatic heterocycles. The van der Waals surface area contributed by atoms with Crippen molar-refractivity contribution in [2.45, 2.75) is 18.7 Å². The van der Waals surface area contributed by atoms with E-state index in [0.717, 1.165) is 12.2 Å². The molecule has 1 aliphatic carbocycles. The summed E-state index contributed by atoms with van der Waals surface area (Å²) in [6.07, 6.45) is -1.95. The molecule has 1 N–H and O–H groups in total. The SMILES string of the molecule is OC1C=C(C(F)(F)F)C=CC1. The Hall–Kier alpha value is -0.770. The Morgan fingerprint density at radius 3 is 2.45 bits per heavy atom. The average Bonchev–Trinajstić information content (AvgIpc) is 1.86. The van der Waals surface area contributed by atoms with Gasteiger partial charge in [-0.1, -0.05) is 12.2 Å². The van der Waals surface area contributed by atoms with Gasteiger partial charge in [0.1, 0.15) is 0 Å². The minimum Gasteiger partial charge on any atom is -0.389 e. The molecule has 62 valence electrons. The van der Waals surface area contributed by atoms with Crippen molar-refractivity contribution >= 4 is 0 Å². The molecule has 0 amide bonds. The van der Waals surface area contributed by atoms with E-state index >= 15 is 0 Å². The minimum atomic E-state index is -4.34. The van der Waals surface area contributed by atoms with Gasteiger partial charge in [0.15, 0.2) is 0 Å².